The van der Waals surface area contributed by atoms with Gasteiger partial charge in [0.2, 0.25) is 0 Å². The summed E-state index contributed by atoms with van der Waals surface area (Å²) >= 11 is 0. The predicted molar refractivity (Wildman–Crippen MR) is 100 cm³/mol. The molecule has 0 spiro atoms. The molecule has 1 atom stereocenters. The fourth-order valence-electron chi connectivity index (χ4n) is 3.37. The van der Waals surface area contributed by atoms with Gasteiger partial charge in [-0.3, -0.25) is 9.59 Å². The Bertz CT molecular complexity index is 824. The lowest BCUT2D eigenvalue weighted by Crippen LogP contribution is -2.39. The zero-order valence-corrected chi connectivity index (χ0v) is 15.7. The Morgan fingerprint density at radius 3 is 2.78 bits per heavy atom. The smallest absolute Gasteiger partial charge is 0.305 e. The lowest BCUT2D eigenvalue weighted by molar-refractivity contribution is -0.137. The topological polar surface area (TPSA) is 84.7 Å². The first-order valence-electron chi connectivity index (χ1n) is 9.20. The van der Waals surface area contributed by atoms with E-state index in [2.05, 4.69) is 5.10 Å². The second-order valence-electron chi connectivity index (χ2n) is 6.87. The molecule has 1 amide bonds. The van der Waals surface area contributed by atoms with Gasteiger partial charge in [0.15, 0.2) is 0 Å². The highest BCUT2D eigenvalue weighted by Gasteiger charge is 2.26. The van der Waals surface area contributed by atoms with Gasteiger partial charge in [-0.25, -0.2) is 4.68 Å². The lowest BCUT2D eigenvalue weighted by atomic mass is 10.1. The SMILES string of the molecule is Cc1ccccc1-n1ncc(C(=O)N(CCC(=O)O)CC2CCCO2)c1C. The molecule has 27 heavy (non-hydrogen) atoms. The van der Waals surface area contributed by atoms with Crippen LogP contribution in [0.15, 0.2) is 30.5 Å². The standard InChI is InChI=1S/C20H25N3O4/c1-14-6-3-4-8-18(14)23-15(2)17(12-21-23)20(26)22(10-9-19(24)25)13-16-7-5-11-27-16/h3-4,6,8,12,16H,5,7,9-11,13H2,1-2H3,(H,24,25). The molecular weight excluding hydrogens is 346 g/mol. The Labute approximate surface area is 158 Å². The fraction of sp³-hybridized carbons (Fsp3) is 0.450. The summed E-state index contributed by atoms with van der Waals surface area (Å²) in [6.45, 7) is 5.10. The molecule has 3 rings (SSSR count). The molecule has 0 saturated carbocycles. The van der Waals surface area contributed by atoms with Gasteiger partial charge in [-0.2, -0.15) is 5.10 Å². The second kappa shape index (κ2) is 8.35. The Kier molecular flexibility index (Phi) is 5.91. The van der Waals surface area contributed by atoms with Gasteiger partial charge >= 0.3 is 5.97 Å². The molecule has 2 heterocycles. The number of hydrogen-bond acceptors (Lipinski definition) is 4. The van der Waals surface area contributed by atoms with E-state index in [0.29, 0.717) is 18.7 Å². The molecule has 1 unspecified atom stereocenters. The highest BCUT2D eigenvalue weighted by Crippen LogP contribution is 2.20. The summed E-state index contributed by atoms with van der Waals surface area (Å²) < 4.78 is 7.39. The van der Waals surface area contributed by atoms with Crippen molar-refractivity contribution in [2.75, 3.05) is 19.7 Å². The van der Waals surface area contributed by atoms with Crippen LogP contribution in [0.5, 0.6) is 0 Å². The van der Waals surface area contributed by atoms with Gasteiger partial charge < -0.3 is 14.7 Å². The predicted octanol–water partition coefficient (Wildman–Crippen LogP) is 2.59. The monoisotopic (exact) mass is 371 g/mol. The van der Waals surface area contributed by atoms with E-state index >= 15 is 0 Å². The number of aliphatic carboxylic acids is 1. The maximum atomic E-state index is 13.1. The highest BCUT2D eigenvalue weighted by atomic mass is 16.5. The molecule has 2 aromatic rings. The maximum Gasteiger partial charge on any atom is 0.305 e. The van der Waals surface area contributed by atoms with Gasteiger partial charge in [0.25, 0.3) is 5.91 Å². The van der Waals surface area contributed by atoms with Gasteiger partial charge in [-0.1, -0.05) is 18.2 Å². The van der Waals surface area contributed by atoms with E-state index in [1.807, 2.05) is 38.1 Å². The van der Waals surface area contributed by atoms with E-state index in [4.69, 9.17) is 9.84 Å². The normalized spacial score (nSPS) is 16.4. The zero-order valence-electron chi connectivity index (χ0n) is 15.7. The van der Waals surface area contributed by atoms with Crippen molar-refractivity contribution >= 4 is 11.9 Å². The van der Waals surface area contributed by atoms with E-state index in [1.54, 1.807) is 15.8 Å². The minimum Gasteiger partial charge on any atom is -0.481 e. The molecule has 1 aromatic heterocycles. The van der Waals surface area contributed by atoms with Crippen LogP contribution in [0.1, 0.15) is 40.9 Å². The Balaban J connectivity index is 1.84. The van der Waals surface area contributed by atoms with Crippen LogP contribution in [0.4, 0.5) is 0 Å². The van der Waals surface area contributed by atoms with Crippen LogP contribution in [0.3, 0.4) is 0 Å². The average Bonchev–Trinajstić information content (AvgIpc) is 3.28. The molecule has 1 aliphatic heterocycles. The van der Waals surface area contributed by atoms with E-state index in [9.17, 15) is 9.59 Å². The number of amides is 1. The fourth-order valence-corrected chi connectivity index (χ4v) is 3.37. The van der Waals surface area contributed by atoms with Crippen LogP contribution >= 0.6 is 0 Å². The Morgan fingerprint density at radius 1 is 1.33 bits per heavy atom. The van der Waals surface area contributed by atoms with Crippen LogP contribution in [0.2, 0.25) is 0 Å². The van der Waals surface area contributed by atoms with Crippen molar-refractivity contribution in [3.63, 3.8) is 0 Å². The van der Waals surface area contributed by atoms with E-state index in [1.165, 1.54) is 0 Å². The van der Waals surface area contributed by atoms with Crippen molar-refractivity contribution in [2.24, 2.45) is 0 Å². The van der Waals surface area contributed by atoms with Crippen LogP contribution in [-0.4, -0.2) is 57.5 Å². The molecular formula is C20H25N3O4. The van der Waals surface area contributed by atoms with Gasteiger partial charge in [0.05, 0.1) is 35.7 Å². The first kappa shape index (κ1) is 19.1. The average molecular weight is 371 g/mol. The number of nitrogens with zero attached hydrogens (tertiary/aromatic N) is 3. The molecule has 7 nitrogen and oxygen atoms in total. The summed E-state index contributed by atoms with van der Waals surface area (Å²) in [7, 11) is 0. The largest absolute Gasteiger partial charge is 0.481 e. The number of carboxylic acid groups (broad SMARTS) is 1. The van der Waals surface area contributed by atoms with Gasteiger partial charge in [0, 0.05) is 19.7 Å². The van der Waals surface area contributed by atoms with Gasteiger partial charge in [-0.15, -0.1) is 0 Å². The number of para-hydroxylation sites is 1. The van der Waals surface area contributed by atoms with E-state index in [-0.39, 0.29) is 25.0 Å². The third kappa shape index (κ3) is 4.36. The van der Waals surface area contributed by atoms with Crippen LogP contribution in [0.25, 0.3) is 5.69 Å². The summed E-state index contributed by atoms with van der Waals surface area (Å²) in [6.07, 6.45) is 3.29. The molecule has 1 aromatic carbocycles. The van der Waals surface area contributed by atoms with Crippen molar-refractivity contribution in [1.29, 1.82) is 0 Å². The van der Waals surface area contributed by atoms with Crippen molar-refractivity contribution in [3.05, 3.63) is 47.3 Å². The Morgan fingerprint density at radius 2 is 2.11 bits per heavy atom. The van der Waals surface area contributed by atoms with Crippen molar-refractivity contribution in [2.45, 2.75) is 39.2 Å². The van der Waals surface area contributed by atoms with E-state index < -0.39 is 5.97 Å². The molecule has 1 saturated heterocycles. The number of carbonyl (C=O) groups is 2. The quantitative estimate of drug-likeness (QED) is 0.809. The molecule has 1 N–H and O–H groups in total. The van der Waals surface area contributed by atoms with Crippen molar-refractivity contribution in [1.82, 2.24) is 14.7 Å². The summed E-state index contributed by atoms with van der Waals surface area (Å²) in [5.41, 5.74) is 3.21. The molecule has 144 valence electrons. The number of aryl methyl sites for hydroxylation is 1. The summed E-state index contributed by atoms with van der Waals surface area (Å²) in [6, 6.07) is 7.84. The maximum absolute atomic E-state index is 13.1. The molecule has 0 aliphatic carbocycles. The number of carbonyl (C=O) groups excluding carboxylic acids is 1. The van der Waals surface area contributed by atoms with Crippen LogP contribution in [0, 0.1) is 13.8 Å². The van der Waals surface area contributed by atoms with Crippen LogP contribution in [-0.2, 0) is 9.53 Å². The molecule has 7 heteroatoms. The Hall–Kier alpha value is -2.67. The summed E-state index contributed by atoms with van der Waals surface area (Å²) in [5, 5.41) is 13.4. The van der Waals surface area contributed by atoms with Crippen molar-refractivity contribution < 1.29 is 19.4 Å². The highest BCUT2D eigenvalue weighted by molar-refractivity contribution is 5.95. The summed E-state index contributed by atoms with van der Waals surface area (Å²) in [5.74, 6) is -1.13. The second-order valence-corrected chi connectivity index (χ2v) is 6.87. The zero-order chi connectivity index (χ0) is 19.4. The molecule has 0 bridgehead atoms. The molecule has 1 aliphatic rings. The van der Waals surface area contributed by atoms with Gasteiger partial charge in [-0.05, 0) is 38.3 Å². The number of ether oxygens (including phenoxy) is 1. The minimum absolute atomic E-state index is 0.0329. The lowest BCUT2D eigenvalue weighted by Gasteiger charge is -2.25. The third-order valence-corrected chi connectivity index (χ3v) is 4.91. The van der Waals surface area contributed by atoms with Crippen molar-refractivity contribution in [3.8, 4) is 5.69 Å². The van der Waals surface area contributed by atoms with Crippen LogP contribution < -0.4 is 0 Å². The summed E-state index contributed by atoms with van der Waals surface area (Å²) in [4.78, 5) is 25.7. The number of carboxylic acids is 1. The number of aromatic nitrogens is 2. The number of hydrogen-bond donors (Lipinski definition) is 1. The molecule has 0 radical (unpaired) electrons. The van der Waals surface area contributed by atoms with E-state index in [0.717, 1.165) is 29.8 Å². The van der Waals surface area contributed by atoms with Gasteiger partial charge in [0.1, 0.15) is 0 Å². The third-order valence-electron chi connectivity index (χ3n) is 4.91. The number of benzene rings is 1. The first-order chi connectivity index (χ1) is 13.0. The molecule has 1 fully saturated rings. The minimum atomic E-state index is -0.924. The number of rotatable bonds is 7. The first-order valence-corrected chi connectivity index (χ1v) is 9.20.